The van der Waals surface area contributed by atoms with Crippen LogP contribution in [0.2, 0.25) is 0 Å². The Hall–Kier alpha value is -3.99. The molecule has 5 heteroatoms. The monoisotopic (exact) mass is 510 g/mol. The van der Waals surface area contributed by atoms with Crippen molar-refractivity contribution >= 4 is 11.7 Å². The van der Waals surface area contributed by atoms with E-state index in [4.69, 9.17) is 18.9 Å². The zero-order chi connectivity index (χ0) is 26.4. The lowest BCUT2D eigenvalue weighted by Gasteiger charge is -2.38. The second-order valence-corrected chi connectivity index (χ2v) is 9.89. The van der Waals surface area contributed by atoms with Crippen LogP contribution in [-0.4, -0.2) is 26.5 Å². The van der Waals surface area contributed by atoms with Crippen molar-refractivity contribution in [3.05, 3.63) is 108 Å². The molecule has 0 amide bonds. The summed E-state index contributed by atoms with van der Waals surface area (Å²) in [5.74, 6) is 2.16. The molecule has 1 atom stereocenters. The largest absolute Gasteiger partial charge is 0.514 e. The molecular formula is C33H34O5. The highest BCUT2D eigenvalue weighted by Crippen LogP contribution is 2.45. The highest BCUT2D eigenvalue weighted by atomic mass is 16.7. The molecule has 0 aliphatic heterocycles. The molecule has 38 heavy (non-hydrogen) atoms. The van der Waals surface area contributed by atoms with Crippen LogP contribution in [0.25, 0.3) is 5.57 Å². The van der Waals surface area contributed by atoms with Gasteiger partial charge in [0.25, 0.3) is 0 Å². The van der Waals surface area contributed by atoms with E-state index in [-0.39, 0.29) is 11.5 Å². The molecule has 0 saturated heterocycles. The molecule has 0 N–H and O–H groups in total. The molecule has 2 aliphatic carbocycles. The maximum absolute atomic E-state index is 12.5. The second kappa shape index (κ2) is 11.6. The van der Waals surface area contributed by atoms with Gasteiger partial charge in [-0.05, 0) is 77.6 Å². The molecule has 1 unspecified atom stereocenters. The third-order valence-corrected chi connectivity index (χ3v) is 7.69. The van der Waals surface area contributed by atoms with E-state index in [1.54, 1.807) is 14.2 Å². The molecule has 3 aromatic carbocycles. The number of methoxy groups -OCH3 is 2. The SMILES string of the molecule is COc1ccc(C2=CCC(OC(=O)Oc3ccc(C4(c5ccc(OC)cc5)CCCCC4)cc3)C=C2)cc1. The maximum atomic E-state index is 12.5. The molecule has 5 rings (SSSR count). The van der Waals surface area contributed by atoms with E-state index in [0.717, 1.165) is 35.5 Å². The van der Waals surface area contributed by atoms with Crippen LogP contribution in [0.4, 0.5) is 4.79 Å². The van der Waals surface area contributed by atoms with Gasteiger partial charge in [-0.2, -0.15) is 0 Å². The summed E-state index contributed by atoms with van der Waals surface area (Å²) in [5.41, 5.74) is 4.69. The first-order valence-corrected chi connectivity index (χ1v) is 13.3. The third kappa shape index (κ3) is 5.62. The Morgan fingerprint density at radius 2 is 1.29 bits per heavy atom. The normalized spacial score (nSPS) is 18.3. The Balaban J connectivity index is 1.21. The van der Waals surface area contributed by atoms with E-state index in [2.05, 4.69) is 30.3 Å². The van der Waals surface area contributed by atoms with Crippen LogP contribution in [0.1, 0.15) is 55.2 Å². The van der Waals surface area contributed by atoms with Crippen molar-refractivity contribution in [3.63, 3.8) is 0 Å². The minimum absolute atomic E-state index is 0.0373. The van der Waals surface area contributed by atoms with E-state index < -0.39 is 6.16 Å². The van der Waals surface area contributed by atoms with Crippen molar-refractivity contribution in [2.24, 2.45) is 0 Å². The van der Waals surface area contributed by atoms with Crippen molar-refractivity contribution in [3.8, 4) is 17.2 Å². The summed E-state index contributed by atoms with van der Waals surface area (Å²) in [6, 6.07) is 24.2. The lowest BCUT2D eigenvalue weighted by atomic mass is 9.65. The van der Waals surface area contributed by atoms with Gasteiger partial charge in [-0.25, -0.2) is 4.79 Å². The molecule has 1 saturated carbocycles. The Labute approximate surface area is 224 Å². The summed E-state index contributed by atoms with van der Waals surface area (Å²) in [4.78, 5) is 12.5. The van der Waals surface area contributed by atoms with E-state index in [0.29, 0.717) is 12.2 Å². The number of rotatable bonds is 7. The molecule has 0 spiro atoms. The number of benzene rings is 3. The fourth-order valence-corrected chi connectivity index (χ4v) is 5.58. The Morgan fingerprint density at radius 1 is 0.737 bits per heavy atom. The Morgan fingerprint density at radius 3 is 1.82 bits per heavy atom. The van der Waals surface area contributed by atoms with E-state index in [9.17, 15) is 4.79 Å². The van der Waals surface area contributed by atoms with Gasteiger partial charge in [0.15, 0.2) is 0 Å². The molecule has 0 bridgehead atoms. The quantitative estimate of drug-likeness (QED) is 0.239. The molecule has 0 aromatic heterocycles. The van der Waals surface area contributed by atoms with E-state index in [1.165, 1.54) is 30.4 Å². The average Bonchev–Trinajstić information content (AvgIpc) is 2.98. The van der Waals surface area contributed by atoms with E-state index in [1.807, 2.05) is 60.7 Å². The van der Waals surface area contributed by atoms with Crippen LogP contribution in [0, 0.1) is 0 Å². The van der Waals surface area contributed by atoms with Crippen molar-refractivity contribution in [1.82, 2.24) is 0 Å². The van der Waals surface area contributed by atoms with Crippen LogP contribution in [0.15, 0.2) is 91.0 Å². The van der Waals surface area contributed by atoms with Crippen LogP contribution in [0.5, 0.6) is 17.2 Å². The number of hydrogen-bond donors (Lipinski definition) is 0. The number of ether oxygens (including phenoxy) is 4. The van der Waals surface area contributed by atoms with Crippen LogP contribution < -0.4 is 14.2 Å². The van der Waals surface area contributed by atoms with Gasteiger partial charge in [0.05, 0.1) is 14.2 Å². The highest BCUT2D eigenvalue weighted by Gasteiger charge is 2.35. The van der Waals surface area contributed by atoms with Crippen molar-refractivity contribution in [1.29, 1.82) is 0 Å². The summed E-state index contributed by atoms with van der Waals surface area (Å²) in [5, 5.41) is 0. The number of allylic oxidation sites excluding steroid dienone is 2. The molecular weight excluding hydrogens is 476 g/mol. The first-order chi connectivity index (χ1) is 18.6. The van der Waals surface area contributed by atoms with Gasteiger partial charge < -0.3 is 18.9 Å². The van der Waals surface area contributed by atoms with Gasteiger partial charge in [-0.15, -0.1) is 0 Å². The van der Waals surface area contributed by atoms with Gasteiger partial charge in [-0.1, -0.05) is 67.8 Å². The van der Waals surface area contributed by atoms with Gasteiger partial charge in [-0.3, -0.25) is 0 Å². The highest BCUT2D eigenvalue weighted by molar-refractivity contribution is 5.75. The standard InChI is InChI=1S/C33H34O5/c1-35-28-14-6-24(7-15-28)25-8-16-30(17-9-25)37-32(34)38-31-20-12-27(13-21-31)33(22-4-3-5-23-33)26-10-18-29(36-2)19-11-26/h6-16,18-21,30H,3-5,17,22-23H2,1-2H3. The predicted octanol–water partition coefficient (Wildman–Crippen LogP) is 7.88. The number of carbonyl (C=O) groups excluding carboxylic acids is 1. The molecule has 3 aromatic rings. The molecule has 2 aliphatic rings. The molecule has 5 nitrogen and oxygen atoms in total. The zero-order valence-electron chi connectivity index (χ0n) is 22.0. The summed E-state index contributed by atoms with van der Waals surface area (Å²) in [6.45, 7) is 0. The average molecular weight is 511 g/mol. The molecule has 0 heterocycles. The van der Waals surface area contributed by atoms with Crippen molar-refractivity contribution in [2.75, 3.05) is 14.2 Å². The zero-order valence-corrected chi connectivity index (χ0v) is 22.0. The maximum Gasteiger partial charge on any atom is 0.514 e. The van der Waals surface area contributed by atoms with Gasteiger partial charge >= 0.3 is 6.16 Å². The minimum atomic E-state index is -0.698. The minimum Gasteiger partial charge on any atom is -0.497 e. The lowest BCUT2D eigenvalue weighted by molar-refractivity contribution is 0.0769. The second-order valence-electron chi connectivity index (χ2n) is 9.89. The fourth-order valence-electron chi connectivity index (χ4n) is 5.58. The molecule has 0 radical (unpaired) electrons. The molecule has 196 valence electrons. The predicted molar refractivity (Wildman–Crippen MR) is 149 cm³/mol. The van der Waals surface area contributed by atoms with Crippen LogP contribution in [0.3, 0.4) is 0 Å². The number of carbonyl (C=O) groups is 1. The topological polar surface area (TPSA) is 54.0 Å². The third-order valence-electron chi connectivity index (χ3n) is 7.69. The summed E-state index contributed by atoms with van der Waals surface area (Å²) >= 11 is 0. The lowest BCUT2D eigenvalue weighted by Crippen LogP contribution is -2.30. The van der Waals surface area contributed by atoms with Crippen molar-refractivity contribution in [2.45, 2.75) is 50.0 Å². The number of hydrogen-bond acceptors (Lipinski definition) is 5. The Bertz CT molecular complexity index is 1280. The van der Waals surface area contributed by atoms with Gasteiger partial charge in [0.2, 0.25) is 0 Å². The van der Waals surface area contributed by atoms with Crippen molar-refractivity contribution < 1.29 is 23.7 Å². The first-order valence-electron chi connectivity index (χ1n) is 13.3. The van der Waals surface area contributed by atoms with Crippen LogP contribution >= 0.6 is 0 Å². The smallest absolute Gasteiger partial charge is 0.497 e. The van der Waals surface area contributed by atoms with Gasteiger partial charge in [0, 0.05) is 11.8 Å². The molecule has 1 fully saturated rings. The fraction of sp³-hybridized carbons (Fsp3) is 0.303. The van der Waals surface area contributed by atoms with Gasteiger partial charge in [0.1, 0.15) is 23.4 Å². The summed E-state index contributed by atoms with van der Waals surface area (Å²) < 4.78 is 21.7. The first kappa shape index (κ1) is 25.7. The summed E-state index contributed by atoms with van der Waals surface area (Å²) in [7, 11) is 3.34. The van der Waals surface area contributed by atoms with E-state index >= 15 is 0 Å². The summed E-state index contributed by atoms with van der Waals surface area (Å²) in [6.07, 6.45) is 11.3. The van der Waals surface area contributed by atoms with Crippen LogP contribution in [-0.2, 0) is 10.2 Å². The Kier molecular flexibility index (Phi) is 7.83.